The van der Waals surface area contributed by atoms with Crippen molar-refractivity contribution in [2.75, 3.05) is 19.8 Å². The van der Waals surface area contributed by atoms with Crippen molar-refractivity contribution in [1.82, 2.24) is 0 Å². The molecule has 5 aromatic rings. The van der Waals surface area contributed by atoms with Gasteiger partial charge in [-0.05, 0) is 46.5 Å². The van der Waals surface area contributed by atoms with Crippen LogP contribution in [0.2, 0.25) is 0 Å². The second kappa shape index (κ2) is 12.2. The van der Waals surface area contributed by atoms with Crippen LogP contribution in [0.15, 0.2) is 125 Å². The van der Waals surface area contributed by atoms with Crippen molar-refractivity contribution in [2.24, 2.45) is 10.2 Å². The van der Waals surface area contributed by atoms with Gasteiger partial charge in [0.15, 0.2) is 0 Å². The van der Waals surface area contributed by atoms with E-state index in [-0.39, 0.29) is 31.2 Å². The molecule has 0 saturated heterocycles. The van der Waals surface area contributed by atoms with Crippen molar-refractivity contribution in [3.63, 3.8) is 0 Å². The predicted molar refractivity (Wildman–Crippen MR) is 164 cm³/mol. The first-order chi connectivity index (χ1) is 20.6. The Balaban J connectivity index is 0.00000329. The maximum atomic E-state index is 15.0. The first-order valence-corrected chi connectivity index (χ1v) is 13.3. The topological polar surface area (TPSA) is 37.7 Å². The molecule has 0 radical (unpaired) electrons. The Hall–Kier alpha value is -4.86. The number of hydrazone groups is 2. The van der Waals surface area contributed by atoms with Crippen molar-refractivity contribution in [2.45, 2.75) is 0 Å². The maximum absolute atomic E-state index is 15.0. The third-order valence-electron chi connectivity index (χ3n) is 7.01. The smallest absolute Gasteiger partial charge is 0.0834 e. The third-order valence-corrected chi connectivity index (χ3v) is 7.01. The zero-order chi connectivity index (χ0) is 28.5. The van der Waals surface area contributed by atoms with E-state index in [1.54, 1.807) is 23.4 Å². The molecule has 0 N–H and O–H groups in total. The van der Waals surface area contributed by atoms with E-state index >= 15 is 0 Å². The van der Waals surface area contributed by atoms with E-state index in [1.165, 1.54) is 22.5 Å². The number of benzene rings is 5. The van der Waals surface area contributed by atoms with Crippen molar-refractivity contribution in [3.8, 4) is 22.3 Å². The fourth-order valence-corrected chi connectivity index (χ4v) is 4.80. The number of hydrogen-bond donors (Lipinski definition) is 0. The average Bonchev–Trinajstić information content (AvgIpc) is 3.73. The standard InChI is InChI=1S/C34H23F2N6.Os/c35-31-19-32(36)34(40-22-38-42(24-40)30-17-13-28(14-18-30)26-9-5-2-6-10-26)20-33(31)39-21-37-41(23-39)29-15-11-27(12-16-29)25-7-3-1-4-8-25;/h1-19,21-24H;/q-3;. The van der Waals surface area contributed by atoms with Gasteiger partial charge in [0.2, 0.25) is 0 Å². The van der Waals surface area contributed by atoms with Gasteiger partial charge in [0.05, 0.1) is 12.7 Å². The molecule has 0 aliphatic carbocycles. The Labute approximate surface area is 261 Å². The third kappa shape index (κ3) is 5.77. The minimum atomic E-state index is -0.760. The first-order valence-electron chi connectivity index (χ1n) is 13.3. The molecule has 0 bridgehead atoms. The summed E-state index contributed by atoms with van der Waals surface area (Å²) in [5.41, 5.74) is 6.03. The van der Waals surface area contributed by atoms with Crippen LogP contribution in [0.1, 0.15) is 0 Å². The summed E-state index contributed by atoms with van der Waals surface area (Å²) in [4.78, 5) is 2.94. The van der Waals surface area contributed by atoms with E-state index in [9.17, 15) is 8.78 Å². The van der Waals surface area contributed by atoms with E-state index in [0.717, 1.165) is 39.7 Å². The molecule has 2 aliphatic heterocycles. The molecular weight excluding hydrogens is 721 g/mol. The summed E-state index contributed by atoms with van der Waals surface area (Å²) in [5.74, 6) is -1.52. The van der Waals surface area contributed by atoms with Crippen LogP contribution in [0.25, 0.3) is 22.3 Å². The molecule has 43 heavy (non-hydrogen) atoms. The summed E-state index contributed by atoms with van der Waals surface area (Å²) in [7, 11) is 0. The molecule has 2 aliphatic rings. The van der Waals surface area contributed by atoms with Gasteiger partial charge in [0.25, 0.3) is 0 Å². The van der Waals surface area contributed by atoms with E-state index < -0.39 is 11.6 Å². The van der Waals surface area contributed by atoms with Crippen LogP contribution in [-0.4, -0.2) is 12.7 Å². The second-order valence-corrected chi connectivity index (χ2v) is 9.68. The molecular formula is C34H23F2N6Os-3. The van der Waals surface area contributed by atoms with Crippen LogP contribution in [0, 0.1) is 31.0 Å². The van der Waals surface area contributed by atoms with Crippen LogP contribution in [0.4, 0.5) is 31.5 Å². The van der Waals surface area contributed by atoms with Crippen molar-refractivity contribution < 1.29 is 28.6 Å². The fourth-order valence-electron chi connectivity index (χ4n) is 4.80. The summed E-state index contributed by atoms with van der Waals surface area (Å²) in [5, 5.41) is 12.0. The fraction of sp³-hybridized carbons (Fsp3) is 0. The molecule has 5 aromatic carbocycles. The van der Waals surface area contributed by atoms with Gasteiger partial charge in [0, 0.05) is 42.8 Å². The Bertz CT molecular complexity index is 1640. The van der Waals surface area contributed by atoms with Gasteiger partial charge < -0.3 is 19.8 Å². The number of nitrogens with zero attached hydrogens (tertiary/aromatic N) is 6. The Morgan fingerprint density at radius 1 is 0.512 bits per heavy atom. The summed E-state index contributed by atoms with van der Waals surface area (Å²) in [6.45, 7) is 3.24. The molecule has 0 amide bonds. The molecule has 2 heterocycles. The van der Waals surface area contributed by atoms with Crippen LogP contribution in [0.3, 0.4) is 0 Å². The molecule has 9 heteroatoms. The van der Waals surface area contributed by atoms with E-state index in [1.807, 2.05) is 109 Å². The predicted octanol–water partition coefficient (Wildman–Crippen LogP) is 7.87. The molecule has 214 valence electrons. The molecule has 0 fully saturated rings. The summed E-state index contributed by atoms with van der Waals surface area (Å²) >= 11 is 0. The van der Waals surface area contributed by atoms with Crippen molar-refractivity contribution >= 4 is 35.4 Å². The normalized spacial score (nSPS) is 14.0. The Morgan fingerprint density at radius 3 is 1.28 bits per heavy atom. The largest absolute Gasteiger partial charge is 0.481 e. The SMILES string of the molecule is Fc1cc(F)c(N2C=NN(c3ccc(-c4ccccc4)cc3)[CH-]2)[c-]c1N1C=NN(c2ccc(-c3ccccc3)cc2)[CH-]1.[Os]. The van der Waals surface area contributed by atoms with Gasteiger partial charge in [-0.1, -0.05) is 102 Å². The molecule has 0 aromatic heterocycles. The minimum Gasteiger partial charge on any atom is -0.481 e. The maximum Gasteiger partial charge on any atom is 0.0834 e. The average molecular weight is 744 g/mol. The van der Waals surface area contributed by atoms with Crippen LogP contribution < -0.4 is 19.8 Å². The van der Waals surface area contributed by atoms with Crippen molar-refractivity contribution in [1.29, 1.82) is 0 Å². The number of hydrogen-bond acceptors (Lipinski definition) is 6. The van der Waals surface area contributed by atoms with Gasteiger partial charge in [0.1, 0.15) is 0 Å². The van der Waals surface area contributed by atoms with Crippen LogP contribution in [-0.2, 0) is 19.8 Å². The van der Waals surface area contributed by atoms with E-state index in [0.29, 0.717) is 0 Å². The Kier molecular flexibility index (Phi) is 8.00. The number of anilines is 4. The van der Waals surface area contributed by atoms with Gasteiger partial charge in [-0.15, -0.1) is 19.4 Å². The molecule has 0 spiro atoms. The van der Waals surface area contributed by atoms with Gasteiger partial charge in [-0.3, -0.25) is 8.78 Å². The van der Waals surface area contributed by atoms with Crippen LogP contribution >= 0.6 is 0 Å². The number of rotatable bonds is 6. The summed E-state index contributed by atoms with van der Waals surface area (Å²) < 4.78 is 29.9. The quantitative estimate of drug-likeness (QED) is 0.166. The molecule has 0 saturated carbocycles. The zero-order valence-corrected chi connectivity index (χ0v) is 25.1. The van der Waals surface area contributed by atoms with E-state index in [2.05, 4.69) is 16.3 Å². The van der Waals surface area contributed by atoms with Gasteiger partial charge in [-0.25, -0.2) is 0 Å². The summed E-state index contributed by atoms with van der Waals surface area (Å²) in [6.07, 6.45) is 2.92. The zero-order valence-electron chi connectivity index (χ0n) is 22.6. The molecule has 6 nitrogen and oxygen atoms in total. The molecule has 7 rings (SSSR count). The first kappa shape index (κ1) is 28.3. The van der Waals surface area contributed by atoms with Gasteiger partial charge >= 0.3 is 0 Å². The van der Waals surface area contributed by atoms with Crippen LogP contribution in [0.5, 0.6) is 0 Å². The minimum absolute atomic E-state index is 0. The molecule has 0 unspecified atom stereocenters. The monoisotopic (exact) mass is 745 g/mol. The summed E-state index contributed by atoms with van der Waals surface area (Å²) in [6, 6.07) is 39.6. The second-order valence-electron chi connectivity index (χ2n) is 9.68. The van der Waals surface area contributed by atoms with E-state index in [4.69, 9.17) is 0 Å². The molecule has 0 atom stereocenters. The number of halogens is 2. The van der Waals surface area contributed by atoms with Gasteiger partial charge in [-0.2, -0.15) is 10.2 Å². The van der Waals surface area contributed by atoms with Crippen molar-refractivity contribution in [3.05, 3.63) is 146 Å². The Morgan fingerprint density at radius 2 is 0.884 bits per heavy atom.